The molecule has 2 aromatic carbocycles. The maximum absolute atomic E-state index is 13.1. The zero-order valence-electron chi connectivity index (χ0n) is 16.6. The molecule has 1 aliphatic rings. The largest absolute Gasteiger partial charge is 0.339 e. The second kappa shape index (κ2) is 8.17. The Bertz CT molecular complexity index is 1050. The lowest BCUT2D eigenvalue weighted by Gasteiger charge is -2.19. The molecule has 6 heteroatoms. The van der Waals surface area contributed by atoms with Crippen molar-refractivity contribution in [2.75, 3.05) is 18.4 Å². The minimum Gasteiger partial charge on any atom is -0.339 e. The van der Waals surface area contributed by atoms with Gasteiger partial charge in [-0.15, -0.1) is 11.3 Å². The van der Waals surface area contributed by atoms with E-state index >= 15 is 0 Å². The molecule has 0 unspecified atom stereocenters. The Balaban J connectivity index is 1.62. The third-order valence-corrected chi connectivity index (χ3v) is 6.36. The average molecular weight is 406 g/mol. The van der Waals surface area contributed by atoms with Crippen molar-refractivity contribution in [3.05, 3.63) is 70.2 Å². The third-order valence-electron chi connectivity index (χ3n) is 5.16. The van der Waals surface area contributed by atoms with Crippen molar-refractivity contribution in [1.29, 1.82) is 0 Å². The van der Waals surface area contributed by atoms with Crippen LogP contribution < -0.4 is 5.32 Å². The van der Waals surface area contributed by atoms with Gasteiger partial charge in [-0.3, -0.25) is 9.59 Å². The van der Waals surface area contributed by atoms with Gasteiger partial charge in [-0.2, -0.15) is 0 Å². The van der Waals surface area contributed by atoms with E-state index in [1.54, 1.807) is 6.07 Å². The molecule has 0 radical (unpaired) electrons. The van der Waals surface area contributed by atoms with E-state index in [1.807, 2.05) is 61.2 Å². The Kier molecular flexibility index (Phi) is 5.45. The number of nitrogens with one attached hydrogen (secondary N) is 1. The molecule has 1 fully saturated rings. The summed E-state index contributed by atoms with van der Waals surface area (Å²) in [6.45, 7) is 5.29. The first kappa shape index (κ1) is 19.3. The quantitative estimate of drug-likeness (QED) is 0.670. The van der Waals surface area contributed by atoms with Gasteiger partial charge in [0.05, 0.1) is 16.9 Å². The van der Waals surface area contributed by atoms with Crippen LogP contribution in [0.3, 0.4) is 0 Å². The van der Waals surface area contributed by atoms with Crippen LogP contribution in [0.15, 0.2) is 48.5 Å². The Morgan fingerprint density at radius 1 is 1.00 bits per heavy atom. The predicted octanol–water partition coefficient (Wildman–Crippen LogP) is 4.92. The molecular weight excluding hydrogens is 382 g/mol. The van der Waals surface area contributed by atoms with Crippen LogP contribution in [0.2, 0.25) is 0 Å². The van der Waals surface area contributed by atoms with Gasteiger partial charge in [0.15, 0.2) is 0 Å². The number of hydrogen-bond acceptors (Lipinski definition) is 4. The van der Waals surface area contributed by atoms with E-state index in [2.05, 4.69) is 10.3 Å². The first-order valence-corrected chi connectivity index (χ1v) is 10.6. The molecule has 1 aromatic heterocycles. The Hall–Kier alpha value is -2.99. The van der Waals surface area contributed by atoms with Crippen LogP contribution >= 0.6 is 11.3 Å². The molecule has 3 aromatic rings. The molecule has 0 aliphatic carbocycles. The standard InChI is InChI=1S/C23H23N3O2S/c1-15-9-8-12-18(23(28)26-13-6-7-14-26)19(15)25-21(27)20-16(2)24-22(29-20)17-10-4-3-5-11-17/h3-5,8-12H,6-7,13-14H2,1-2H3,(H,25,27). The number of aryl methyl sites for hydroxylation is 2. The van der Waals surface area contributed by atoms with Gasteiger partial charge in [0.2, 0.25) is 0 Å². The number of nitrogens with zero attached hydrogens (tertiary/aromatic N) is 2. The van der Waals surface area contributed by atoms with E-state index in [-0.39, 0.29) is 11.8 Å². The second-order valence-electron chi connectivity index (χ2n) is 7.25. The molecule has 0 saturated carbocycles. The van der Waals surface area contributed by atoms with Gasteiger partial charge in [0.1, 0.15) is 9.88 Å². The van der Waals surface area contributed by atoms with Crippen molar-refractivity contribution >= 4 is 28.8 Å². The molecule has 1 aliphatic heterocycles. The maximum atomic E-state index is 13.1. The van der Waals surface area contributed by atoms with Crippen LogP contribution in [0.1, 0.15) is 44.1 Å². The van der Waals surface area contributed by atoms with Gasteiger partial charge in [0, 0.05) is 18.7 Å². The fourth-order valence-corrected chi connectivity index (χ4v) is 4.55. The number of hydrogen-bond donors (Lipinski definition) is 1. The van der Waals surface area contributed by atoms with E-state index in [0.717, 1.165) is 42.1 Å². The smallest absolute Gasteiger partial charge is 0.267 e. The van der Waals surface area contributed by atoms with E-state index in [0.29, 0.717) is 21.8 Å². The summed E-state index contributed by atoms with van der Waals surface area (Å²) in [6.07, 6.45) is 2.06. The summed E-state index contributed by atoms with van der Waals surface area (Å²) < 4.78 is 0. The van der Waals surface area contributed by atoms with Crippen LogP contribution in [0, 0.1) is 13.8 Å². The van der Waals surface area contributed by atoms with Crippen molar-refractivity contribution in [3.63, 3.8) is 0 Å². The fourth-order valence-electron chi connectivity index (χ4n) is 3.58. The maximum Gasteiger partial charge on any atom is 0.267 e. The number of carbonyl (C=O) groups is 2. The SMILES string of the molecule is Cc1cccc(C(=O)N2CCCC2)c1NC(=O)c1sc(-c2ccccc2)nc1C. The summed E-state index contributed by atoms with van der Waals surface area (Å²) in [6, 6.07) is 15.4. The highest BCUT2D eigenvalue weighted by molar-refractivity contribution is 7.17. The van der Waals surface area contributed by atoms with Gasteiger partial charge in [-0.25, -0.2) is 4.98 Å². The van der Waals surface area contributed by atoms with Crippen molar-refractivity contribution < 1.29 is 9.59 Å². The van der Waals surface area contributed by atoms with Crippen LogP contribution in [0.25, 0.3) is 10.6 Å². The molecule has 2 amide bonds. The molecule has 148 valence electrons. The number of carbonyl (C=O) groups excluding carboxylic acids is 2. The normalized spacial score (nSPS) is 13.5. The molecule has 4 rings (SSSR count). The van der Waals surface area contributed by atoms with Crippen LogP contribution in [-0.4, -0.2) is 34.8 Å². The Morgan fingerprint density at radius 3 is 2.45 bits per heavy atom. The molecule has 0 atom stereocenters. The molecule has 1 saturated heterocycles. The van der Waals surface area contributed by atoms with Crippen LogP contribution in [0.5, 0.6) is 0 Å². The molecule has 2 heterocycles. The predicted molar refractivity (Wildman–Crippen MR) is 117 cm³/mol. The molecule has 29 heavy (non-hydrogen) atoms. The Morgan fingerprint density at radius 2 is 1.72 bits per heavy atom. The molecule has 0 spiro atoms. The number of anilines is 1. The van der Waals surface area contributed by atoms with Crippen molar-refractivity contribution in [2.45, 2.75) is 26.7 Å². The molecular formula is C23H23N3O2S. The van der Waals surface area contributed by atoms with Crippen molar-refractivity contribution in [1.82, 2.24) is 9.88 Å². The third kappa shape index (κ3) is 3.93. The summed E-state index contributed by atoms with van der Waals surface area (Å²) in [5.74, 6) is -0.251. The topological polar surface area (TPSA) is 62.3 Å². The van der Waals surface area contributed by atoms with Gasteiger partial charge in [-0.1, -0.05) is 42.5 Å². The number of para-hydroxylation sites is 1. The van der Waals surface area contributed by atoms with E-state index in [4.69, 9.17) is 0 Å². The average Bonchev–Trinajstić information content (AvgIpc) is 3.39. The zero-order valence-corrected chi connectivity index (χ0v) is 17.4. The second-order valence-corrected chi connectivity index (χ2v) is 8.25. The van der Waals surface area contributed by atoms with E-state index in [1.165, 1.54) is 11.3 Å². The minimum atomic E-state index is -0.230. The highest BCUT2D eigenvalue weighted by atomic mass is 32.1. The summed E-state index contributed by atoms with van der Waals surface area (Å²) in [4.78, 5) is 33.0. The van der Waals surface area contributed by atoms with Gasteiger partial charge in [0.25, 0.3) is 11.8 Å². The van der Waals surface area contributed by atoms with Gasteiger partial charge in [-0.05, 0) is 38.3 Å². The summed E-state index contributed by atoms with van der Waals surface area (Å²) in [5, 5.41) is 3.80. The number of benzene rings is 2. The molecule has 5 nitrogen and oxygen atoms in total. The van der Waals surface area contributed by atoms with Gasteiger partial charge >= 0.3 is 0 Å². The summed E-state index contributed by atoms with van der Waals surface area (Å²) in [7, 11) is 0. The van der Waals surface area contributed by atoms with Crippen molar-refractivity contribution in [2.24, 2.45) is 0 Å². The van der Waals surface area contributed by atoms with Crippen LogP contribution in [-0.2, 0) is 0 Å². The van der Waals surface area contributed by atoms with Gasteiger partial charge < -0.3 is 10.2 Å². The minimum absolute atomic E-state index is 0.0208. The number of likely N-dealkylation sites (tertiary alicyclic amines) is 1. The highest BCUT2D eigenvalue weighted by Gasteiger charge is 2.24. The number of amides is 2. The molecule has 1 N–H and O–H groups in total. The van der Waals surface area contributed by atoms with Crippen LogP contribution in [0.4, 0.5) is 5.69 Å². The fraction of sp³-hybridized carbons (Fsp3) is 0.261. The summed E-state index contributed by atoms with van der Waals surface area (Å²) >= 11 is 1.37. The Labute approximate surface area is 174 Å². The first-order valence-electron chi connectivity index (χ1n) is 9.77. The first-order chi connectivity index (χ1) is 14.0. The van der Waals surface area contributed by atoms with E-state index in [9.17, 15) is 9.59 Å². The lowest BCUT2D eigenvalue weighted by atomic mass is 10.1. The summed E-state index contributed by atoms with van der Waals surface area (Å²) in [5.41, 5.74) is 3.68. The number of aromatic nitrogens is 1. The monoisotopic (exact) mass is 405 g/mol. The lowest BCUT2D eigenvalue weighted by Crippen LogP contribution is -2.29. The van der Waals surface area contributed by atoms with E-state index < -0.39 is 0 Å². The lowest BCUT2D eigenvalue weighted by molar-refractivity contribution is 0.0794. The van der Waals surface area contributed by atoms with Crippen molar-refractivity contribution in [3.8, 4) is 10.6 Å². The molecule has 0 bridgehead atoms. The zero-order chi connectivity index (χ0) is 20.4. The number of rotatable bonds is 4. The number of thiazole rings is 1. The highest BCUT2D eigenvalue weighted by Crippen LogP contribution is 2.30.